The summed E-state index contributed by atoms with van der Waals surface area (Å²) in [4.78, 5) is 29.2. The first-order chi connectivity index (χ1) is 15.4. The van der Waals surface area contributed by atoms with E-state index in [4.69, 9.17) is 9.15 Å². The summed E-state index contributed by atoms with van der Waals surface area (Å²) in [5.41, 5.74) is 3.23. The maximum Gasteiger partial charge on any atom is 0.339 e. The van der Waals surface area contributed by atoms with Crippen molar-refractivity contribution in [3.05, 3.63) is 87.8 Å². The quantitative estimate of drug-likeness (QED) is 0.443. The number of fused-ring (bicyclic) bond motifs is 1. The third-order valence-corrected chi connectivity index (χ3v) is 5.61. The highest BCUT2D eigenvalue weighted by Crippen LogP contribution is 2.24. The molecule has 2 aromatic heterocycles. The molecule has 0 saturated heterocycles. The van der Waals surface area contributed by atoms with E-state index in [1.165, 1.54) is 0 Å². The fraction of sp³-hybridized carbons (Fsp3) is 0.240. The van der Waals surface area contributed by atoms with E-state index >= 15 is 0 Å². The van der Waals surface area contributed by atoms with Crippen molar-refractivity contribution in [2.24, 2.45) is 0 Å². The Morgan fingerprint density at radius 1 is 1.16 bits per heavy atom. The number of carbonyl (C=O) groups is 1. The van der Waals surface area contributed by atoms with Crippen molar-refractivity contribution in [2.75, 3.05) is 12.4 Å². The van der Waals surface area contributed by atoms with Gasteiger partial charge in [0.2, 0.25) is 5.91 Å². The van der Waals surface area contributed by atoms with Crippen molar-refractivity contribution in [2.45, 2.75) is 33.2 Å². The van der Waals surface area contributed by atoms with Crippen LogP contribution in [0.2, 0.25) is 0 Å². The van der Waals surface area contributed by atoms with E-state index in [0.717, 1.165) is 34.6 Å². The highest BCUT2D eigenvalue weighted by Gasteiger charge is 2.14. The molecule has 0 aliphatic rings. The van der Waals surface area contributed by atoms with E-state index in [2.05, 4.69) is 14.9 Å². The fourth-order valence-corrected chi connectivity index (χ4v) is 3.71. The Kier molecular flexibility index (Phi) is 6.07. The van der Waals surface area contributed by atoms with Gasteiger partial charge in [-0.15, -0.1) is 0 Å². The van der Waals surface area contributed by atoms with Crippen LogP contribution in [0, 0.1) is 13.8 Å². The molecule has 1 N–H and O–H groups in total. The van der Waals surface area contributed by atoms with Crippen LogP contribution in [-0.2, 0) is 17.8 Å². The lowest BCUT2D eigenvalue weighted by molar-refractivity contribution is -0.116. The molecule has 0 aliphatic heterocycles. The SMILES string of the molecule is COc1ccc2c(C)c(CCC(=O)Nc3ccc(Cn4ccnc4C)cc3)c(=O)oc2c1. The number of methoxy groups -OCH3 is 1. The average Bonchev–Trinajstić information content (AvgIpc) is 3.18. The van der Waals surface area contributed by atoms with Crippen LogP contribution in [0.1, 0.15) is 28.9 Å². The third kappa shape index (κ3) is 4.56. The highest BCUT2D eigenvalue weighted by molar-refractivity contribution is 5.91. The Hall–Kier alpha value is -3.87. The molecular formula is C25H25N3O4. The number of aryl methyl sites for hydroxylation is 2. The number of benzene rings is 2. The Morgan fingerprint density at radius 3 is 2.62 bits per heavy atom. The van der Waals surface area contributed by atoms with Crippen molar-refractivity contribution in [3.8, 4) is 5.75 Å². The molecule has 0 spiro atoms. The number of aromatic nitrogens is 2. The summed E-state index contributed by atoms with van der Waals surface area (Å²) in [5, 5.41) is 3.73. The second-order valence-corrected chi connectivity index (χ2v) is 7.70. The van der Waals surface area contributed by atoms with Crippen LogP contribution in [0.15, 0.2) is 64.1 Å². The van der Waals surface area contributed by atoms with Gasteiger partial charge < -0.3 is 19.0 Å². The van der Waals surface area contributed by atoms with Gasteiger partial charge in [0.05, 0.1) is 7.11 Å². The van der Waals surface area contributed by atoms with Gasteiger partial charge >= 0.3 is 5.63 Å². The highest BCUT2D eigenvalue weighted by atomic mass is 16.5. The molecule has 0 aliphatic carbocycles. The van der Waals surface area contributed by atoms with Gasteiger partial charge in [-0.1, -0.05) is 12.1 Å². The molecule has 164 valence electrons. The molecule has 1 amide bonds. The summed E-state index contributed by atoms with van der Waals surface area (Å²) >= 11 is 0. The molecule has 0 radical (unpaired) electrons. The van der Waals surface area contributed by atoms with E-state index in [0.29, 0.717) is 23.3 Å². The van der Waals surface area contributed by atoms with Crippen molar-refractivity contribution in [1.29, 1.82) is 0 Å². The molecular weight excluding hydrogens is 406 g/mol. The minimum absolute atomic E-state index is 0.156. The van der Waals surface area contributed by atoms with Gasteiger partial charge in [-0.2, -0.15) is 0 Å². The first kappa shape index (κ1) is 21.4. The molecule has 7 heteroatoms. The maximum absolute atomic E-state index is 12.5. The van der Waals surface area contributed by atoms with E-state index in [1.54, 1.807) is 19.4 Å². The van der Waals surface area contributed by atoms with Gasteiger partial charge in [-0.25, -0.2) is 9.78 Å². The van der Waals surface area contributed by atoms with E-state index < -0.39 is 5.63 Å². The van der Waals surface area contributed by atoms with Gasteiger partial charge in [-0.05, 0) is 55.7 Å². The van der Waals surface area contributed by atoms with Gasteiger partial charge in [0.25, 0.3) is 0 Å². The number of rotatable bonds is 7. The number of carbonyl (C=O) groups excluding carboxylic acids is 1. The molecule has 4 aromatic rings. The molecule has 0 bridgehead atoms. The second-order valence-electron chi connectivity index (χ2n) is 7.70. The van der Waals surface area contributed by atoms with Crippen molar-refractivity contribution >= 4 is 22.6 Å². The molecule has 0 saturated carbocycles. The van der Waals surface area contributed by atoms with Gasteiger partial charge in [0.15, 0.2) is 0 Å². The summed E-state index contributed by atoms with van der Waals surface area (Å²) in [6.45, 7) is 4.56. The Labute approximate surface area is 185 Å². The first-order valence-corrected chi connectivity index (χ1v) is 10.4. The normalized spacial score (nSPS) is 11.0. The van der Waals surface area contributed by atoms with Crippen molar-refractivity contribution < 1.29 is 13.9 Å². The zero-order chi connectivity index (χ0) is 22.7. The maximum atomic E-state index is 12.5. The third-order valence-electron chi connectivity index (χ3n) is 5.61. The lowest BCUT2D eigenvalue weighted by Gasteiger charge is -2.10. The zero-order valence-corrected chi connectivity index (χ0v) is 18.3. The molecule has 2 heterocycles. The largest absolute Gasteiger partial charge is 0.497 e. The number of amides is 1. The van der Waals surface area contributed by atoms with Crippen molar-refractivity contribution in [1.82, 2.24) is 9.55 Å². The molecule has 0 unspecified atom stereocenters. The summed E-state index contributed by atoms with van der Waals surface area (Å²) in [5.74, 6) is 1.42. The predicted molar refractivity (Wildman–Crippen MR) is 123 cm³/mol. The molecule has 32 heavy (non-hydrogen) atoms. The Balaban J connectivity index is 1.40. The van der Waals surface area contributed by atoms with Crippen LogP contribution in [0.4, 0.5) is 5.69 Å². The standard InChI is InChI=1S/C25H25N3O4/c1-16-21-9-8-20(31-3)14-23(21)32-25(30)22(16)10-11-24(29)27-19-6-4-18(5-7-19)15-28-13-12-26-17(28)2/h4-9,12-14H,10-11,15H2,1-3H3,(H,27,29). The van der Waals surface area contributed by atoms with E-state index in [9.17, 15) is 9.59 Å². The zero-order valence-electron chi connectivity index (χ0n) is 18.3. The minimum atomic E-state index is -0.421. The predicted octanol–water partition coefficient (Wildman–Crippen LogP) is 4.23. The number of ether oxygens (including phenoxy) is 1. The lowest BCUT2D eigenvalue weighted by Crippen LogP contribution is -2.16. The van der Waals surface area contributed by atoms with Gasteiger partial charge in [0, 0.05) is 48.1 Å². The molecule has 7 nitrogen and oxygen atoms in total. The summed E-state index contributed by atoms with van der Waals surface area (Å²) in [6, 6.07) is 13.1. The number of nitrogens with zero attached hydrogens (tertiary/aromatic N) is 2. The molecule has 0 atom stereocenters. The first-order valence-electron chi connectivity index (χ1n) is 10.4. The van der Waals surface area contributed by atoms with Gasteiger partial charge in [0.1, 0.15) is 17.2 Å². The molecule has 2 aromatic carbocycles. The molecule has 0 fully saturated rings. The smallest absolute Gasteiger partial charge is 0.339 e. The Morgan fingerprint density at radius 2 is 1.94 bits per heavy atom. The van der Waals surface area contributed by atoms with Crippen LogP contribution < -0.4 is 15.7 Å². The van der Waals surface area contributed by atoms with Crippen LogP contribution in [0.5, 0.6) is 5.75 Å². The minimum Gasteiger partial charge on any atom is -0.497 e. The summed E-state index contributed by atoms with van der Waals surface area (Å²) in [6.07, 6.45) is 4.20. The number of imidazole rings is 1. The van der Waals surface area contributed by atoms with Crippen LogP contribution in [-0.4, -0.2) is 22.6 Å². The number of hydrogen-bond acceptors (Lipinski definition) is 5. The number of nitrogens with one attached hydrogen (secondary N) is 1. The topological polar surface area (TPSA) is 86.4 Å². The summed E-state index contributed by atoms with van der Waals surface area (Å²) < 4.78 is 12.7. The number of anilines is 1. The van der Waals surface area contributed by atoms with Gasteiger partial charge in [-0.3, -0.25) is 4.79 Å². The number of hydrogen-bond donors (Lipinski definition) is 1. The van der Waals surface area contributed by atoms with Crippen LogP contribution in [0.3, 0.4) is 0 Å². The van der Waals surface area contributed by atoms with E-state index in [1.807, 2.05) is 56.4 Å². The second kappa shape index (κ2) is 9.09. The lowest BCUT2D eigenvalue weighted by atomic mass is 10.0. The fourth-order valence-electron chi connectivity index (χ4n) is 3.71. The van der Waals surface area contributed by atoms with Crippen molar-refractivity contribution in [3.63, 3.8) is 0 Å². The average molecular weight is 431 g/mol. The Bertz CT molecular complexity index is 1320. The summed E-state index contributed by atoms with van der Waals surface area (Å²) in [7, 11) is 1.56. The van der Waals surface area contributed by atoms with E-state index in [-0.39, 0.29) is 12.3 Å². The molecule has 4 rings (SSSR count). The monoisotopic (exact) mass is 431 g/mol. The van der Waals surface area contributed by atoms with Crippen LogP contribution >= 0.6 is 0 Å². The van der Waals surface area contributed by atoms with Crippen LogP contribution in [0.25, 0.3) is 11.0 Å².